The second-order valence-corrected chi connectivity index (χ2v) is 5.48. The van der Waals surface area contributed by atoms with Crippen LogP contribution in [0.3, 0.4) is 0 Å². The Labute approximate surface area is 120 Å². The van der Waals surface area contributed by atoms with E-state index in [4.69, 9.17) is 0 Å². The first-order valence-corrected chi connectivity index (χ1v) is 6.96. The maximum Gasteiger partial charge on any atom is 0.229 e. The summed E-state index contributed by atoms with van der Waals surface area (Å²) in [6, 6.07) is 8.18. The van der Waals surface area contributed by atoms with Crippen LogP contribution in [0.4, 0.5) is 17.5 Å². The van der Waals surface area contributed by atoms with E-state index >= 15 is 0 Å². The Morgan fingerprint density at radius 3 is 2.70 bits per heavy atom. The van der Waals surface area contributed by atoms with Gasteiger partial charge in [-0.3, -0.25) is 0 Å². The molecule has 1 heterocycles. The maximum absolute atomic E-state index is 4.48. The molecule has 1 aromatic carbocycles. The van der Waals surface area contributed by atoms with Gasteiger partial charge in [-0.1, -0.05) is 26.0 Å². The number of aryl methyl sites for hydroxylation is 2. The smallest absolute Gasteiger partial charge is 0.229 e. The molecule has 1 aromatic heterocycles. The summed E-state index contributed by atoms with van der Waals surface area (Å²) in [5.41, 5.74) is 3.44. The molecule has 0 fully saturated rings. The summed E-state index contributed by atoms with van der Waals surface area (Å²) in [6.45, 7) is 9.39. The van der Waals surface area contributed by atoms with Crippen molar-refractivity contribution in [3.63, 3.8) is 0 Å². The third kappa shape index (κ3) is 3.95. The van der Waals surface area contributed by atoms with Gasteiger partial charge < -0.3 is 10.6 Å². The first kappa shape index (κ1) is 14.3. The molecule has 2 N–H and O–H groups in total. The highest BCUT2D eigenvalue weighted by molar-refractivity contribution is 5.60. The summed E-state index contributed by atoms with van der Waals surface area (Å²) < 4.78 is 0. The van der Waals surface area contributed by atoms with E-state index in [-0.39, 0.29) is 0 Å². The number of hydrogen-bond donors (Lipinski definition) is 2. The first-order chi connectivity index (χ1) is 9.54. The highest BCUT2D eigenvalue weighted by Crippen LogP contribution is 2.20. The zero-order chi connectivity index (χ0) is 14.5. The highest BCUT2D eigenvalue weighted by Gasteiger charge is 2.03. The van der Waals surface area contributed by atoms with Gasteiger partial charge in [-0.15, -0.1) is 0 Å². The monoisotopic (exact) mass is 270 g/mol. The summed E-state index contributed by atoms with van der Waals surface area (Å²) in [5.74, 6) is 2.05. The van der Waals surface area contributed by atoms with Crippen LogP contribution in [0.1, 0.15) is 25.0 Å². The summed E-state index contributed by atoms with van der Waals surface area (Å²) in [6.07, 6.45) is 1.77. The van der Waals surface area contributed by atoms with E-state index in [9.17, 15) is 0 Å². The number of nitrogens with zero attached hydrogens (tertiary/aromatic N) is 2. The minimum atomic E-state index is 0.584. The van der Waals surface area contributed by atoms with Gasteiger partial charge in [-0.05, 0) is 43.0 Å². The minimum absolute atomic E-state index is 0.584. The van der Waals surface area contributed by atoms with Crippen LogP contribution < -0.4 is 10.6 Å². The van der Waals surface area contributed by atoms with E-state index in [0.29, 0.717) is 11.9 Å². The van der Waals surface area contributed by atoms with Crippen molar-refractivity contribution in [2.45, 2.75) is 27.7 Å². The van der Waals surface area contributed by atoms with Crippen molar-refractivity contribution >= 4 is 17.5 Å². The van der Waals surface area contributed by atoms with Gasteiger partial charge in [0, 0.05) is 18.4 Å². The lowest BCUT2D eigenvalue weighted by Crippen LogP contribution is -2.10. The second kappa shape index (κ2) is 6.37. The van der Waals surface area contributed by atoms with Crippen LogP contribution in [-0.4, -0.2) is 16.5 Å². The van der Waals surface area contributed by atoms with Gasteiger partial charge in [-0.2, -0.15) is 4.98 Å². The van der Waals surface area contributed by atoms with Crippen LogP contribution in [0, 0.1) is 19.8 Å². The summed E-state index contributed by atoms with van der Waals surface area (Å²) in [7, 11) is 0. The molecule has 0 radical (unpaired) electrons. The molecule has 2 aromatic rings. The zero-order valence-corrected chi connectivity index (χ0v) is 12.6. The number of benzene rings is 1. The standard InChI is InChI=1S/C16H22N4/c1-11(2)10-18-15-7-8-17-16(20-15)19-14-9-12(3)5-6-13(14)4/h5-9,11H,10H2,1-4H3,(H2,17,18,19,20). The van der Waals surface area contributed by atoms with Crippen molar-refractivity contribution in [2.24, 2.45) is 5.92 Å². The van der Waals surface area contributed by atoms with Crippen molar-refractivity contribution in [1.82, 2.24) is 9.97 Å². The molecule has 0 saturated heterocycles. The molecular formula is C16H22N4. The summed E-state index contributed by atoms with van der Waals surface area (Å²) in [5, 5.41) is 6.58. The van der Waals surface area contributed by atoms with E-state index in [1.165, 1.54) is 11.1 Å². The van der Waals surface area contributed by atoms with Gasteiger partial charge in [0.2, 0.25) is 5.95 Å². The predicted octanol–water partition coefficient (Wildman–Crippen LogP) is 3.90. The van der Waals surface area contributed by atoms with Crippen LogP contribution in [0.5, 0.6) is 0 Å². The molecule has 2 rings (SSSR count). The van der Waals surface area contributed by atoms with Crippen LogP contribution in [0.25, 0.3) is 0 Å². The molecule has 0 aliphatic carbocycles. The average Bonchev–Trinajstić information content (AvgIpc) is 2.41. The lowest BCUT2D eigenvalue weighted by molar-refractivity contribution is 0.687. The lowest BCUT2D eigenvalue weighted by atomic mass is 10.1. The van der Waals surface area contributed by atoms with E-state index in [2.05, 4.69) is 66.5 Å². The molecule has 20 heavy (non-hydrogen) atoms. The van der Waals surface area contributed by atoms with E-state index in [1.807, 2.05) is 6.07 Å². The Morgan fingerprint density at radius 1 is 1.15 bits per heavy atom. The lowest BCUT2D eigenvalue weighted by Gasteiger charge is -2.11. The largest absolute Gasteiger partial charge is 0.370 e. The third-order valence-corrected chi connectivity index (χ3v) is 2.99. The quantitative estimate of drug-likeness (QED) is 0.865. The molecule has 0 aliphatic rings. The number of nitrogens with one attached hydrogen (secondary N) is 2. The Morgan fingerprint density at radius 2 is 1.95 bits per heavy atom. The van der Waals surface area contributed by atoms with Crippen LogP contribution in [0.15, 0.2) is 30.5 Å². The number of hydrogen-bond acceptors (Lipinski definition) is 4. The minimum Gasteiger partial charge on any atom is -0.370 e. The molecular weight excluding hydrogens is 248 g/mol. The molecule has 0 atom stereocenters. The molecule has 0 unspecified atom stereocenters. The fraction of sp³-hybridized carbons (Fsp3) is 0.375. The summed E-state index contributed by atoms with van der Waals surface area (Å²) in [4.78, 5) is 8.75. The number of aromatic nitrogens is 2. The fourth-order valence-electron chi connectivity index (χ4n) is 1.82. The van der Waals surface area contributed by atoms with Gasteiger partial charge in [0.05, 0.1) is 0 Å². The summed E-state index contributed by atoms with van der Waals surface area (Å²) >= 11 is 0. The highest BCUT2D eigenvalue weighted by atomic mass is 15.1. The normalized spacial score (nSPS) is 10.7. The van der Waals surface area contributed by atoms with Gasteiger partial charge in [0.1, 0.15) is 5.82 Å². The van der Waals surface area contributed by atoms with Crippen molar-refractivity contribution in [3.05, 3.63) is 41.6 Å². The Balaban J connectivity index is 2.13. The number of rotatable bonds is 5. The van der Waals surface area contributed by atoms with Crippen LogP contribution in [0.2, 0.25) is 0 Å². The Kier molecular flexibility index (Phi) is 4.56. The van der Waals surface area contributed by atoms with Crippen LogP contribution >= 0.6 is 0 Å². The van der Waals surface area contributed by atoms with Gasteiger partial charge in [0.15, 0.2) is 0 Å². The fourth-order valence-corrected chi connectivity index (χ4v) is 1.82. The third-order valence-electron chi connectivity index (χ3n) is 2.99. The predicted molar refractivity (Wildman–Crippen MR) is 84.6 cm³/mol. The molecule has 0 amide bonds. The van der Waals surface area contributed by atoms with Crippen LogP contribution in [-0.2, 0) is 0 Å². The average molecular weight is 270 g/mol. The molecule has 106 valence electrons. The maximum atomic E-state index is 4.48. The van der Waals surface area contributed by atoms with E-state index in [0.717, 1.165) is 18.1 Å². The van der Waals surface area contributed by atoms with Gasteiger partial charge >= 0.3 is 0 Å². The van der Waals surface area contributed by atoms with Crippen molar-refractivity contribution in [3.8, 4) is 0 Å². The van der Waals surface area contributed by atoms with E-state index in [1.54, 1.807) is 6.20 Å². The second-order valence-electron chi connectivity index (χ2n) is 5.48. The number of anilines is 3. The van der Waals surface area contributed by atoms with E-state index < -0.39 is 0 Å². The Hall–Kier alpha value is -2.10. The molecule has 4 nitrogen and oxygen atoms in total. The molecule has 0 saturated carbocycles. The molecule has 0 spiro atoms. The first-order valence-electron chi connectivity index (χ1n) is 6.96. The molecule has 0 aliphatic heterocycles. The topological polar surface area (TPSA) is 49.8 Å². The van der Waals surface area contributed by atoms with Crippen molar-refractivity contribution < 1.29 is 0 Å². The molecule has 4 heteroatoms. The van der Waals surface area contributed by atoms with Crippen molar-refractivity contribution in [2.75, 3.05) is 17.2 Å². The van der Waals surface area contributed by atoms with Gasteiger partial charge in [-0.25, -0.2) is 4.98 Å². The molecule has 0 bridgehead atoms. The van der Waals surface area contributed by atoms with Gasteiger partial charge in [0.25, 0.3) is 0 Å². The SMILES string of the molecule is Cc1ccc(C)c(Nc2nccc(NCC(C)C)n2)c1. The van der Waals surface area contributed by atoms with Crippen molar-refractivity contribution in [1.29, 1.82) is 0 Å². The zero-order valence-electron chi connectivity index (χ0n) is 12.6. The Bertz CT molecular complexity index is 578.